The summed E-state index contributed by atoms with van der Waals surface area (Å²) in [5.41, 5.74) is 1.02. The van der Waals surface area contributed by atoms with Gasteiger partial charge in [-0.25, -0.2) is 0 Å². The number of rotatable bonds is 4. The molecule has 1 N–H and O–H groups in total. The van der Waals surface area contributed by atoms with Gasteiger partial charge >= 0.3 is 0 Å². The van der Waals surface area contributed by atoms with Gasteiger partial charge in [0, 0.05) is 6.42 Å². The van der Waals surface area contributed by atoms with Crippen molar-refractivity contribution in [2.24, 2.45) is 0 Å². The smallest absolute Gasteiger partial charge is 0.233 e. The van der Waals surface area contributed by atoms with E-state index in [0.29, 0.717) is 12.8 Å². The monoisotopic (exact) mass is 204 g/mol. The summed E-state index contributed by atoms with van der Waals surface area (Å²) in [6.45, 7) is 0. The van der Waals surface area contributed by atoms with E-state index in [1.54, 1.807) is 13.3 Å². The summed E-state index contributed by atoms with van der Waals surface area (Å²) >= 11 is 0. The minimum absolute atomic E-state index is 0.264. The number of nitriles is 1. The largest absolute Gasteiger partial charge is 0.497 e. The molecule has 0 aromatic heterocycles. The van der Waals surface area contributed by atoms with Crippen molar-refractivity contribution in [3.05, 3.63) is 29.8 Å². The number of nitrogens with zero attached hydrogens (tertiary/aromatic N) is 1. The van der Waals surface area contributed by atoms with Crippen LogP contribution in [0.3, 0.4) is 0 Å². The zero-order valence-corrected chi connectivity index (χ0v) is 8.49. The molecule has 1 amide bonds. The van der Waals surface area contributed by atoms with Crippen LogP contribution in [0.2, 0.25) is 0 Å². The van der Waals surface area contributed by atoms with E-state index < -0.39 is 0 Å². The molecule has 0 spiro atoms. The number of amides is 1. The molecule has 0 aliphatic heterocycles. The highest BCUT2D eigenvalue weighted by Crippen LogP contribution is 2.13. The summed E-state index contributed by atoms with van der Waals surface area (Å²) in [6.07, 6.45) is 2.51. The van der Waals surface area contributed by atoms with Crippen LogP contribution in [-0.4, -0.2) is 13.0 Å². The highest BCUT2D eigenvalue weighted by Gasteiger charge is 2.01. The molecular weight excluding hydrogens is 192 g/mol. The maximum absolute atomic E-state index is 11.0. The Kier molecular flexibility index (Phi) is 4.17. The molecule has 0 unspecified atom stereocenters. The Morgan fingerprint density at radius 2 is 2.40 bits per heavy atom. The number of methoxy groups -OCH3 is 1. The minimum atomic E-state index is -0.264. The van der Waals surface area contributed by atoms with Crippen molar-refractivity contribution in [3.63, 3.8) is 0 Å². The SMILES string of the molecule is COc1cccc(CCC(=O)NC#N)c1. The molecule has 4 heteroatoms. The number of ether oxygens (including phenoxy) is 1. The number of carbonyl (C=O) groups is 1. The Bertz CT molecular complexity index is 382. The van der Waals surface area contributed by atoms with Gasteiger partial charge in [-0.05, 0) is 24.1 Å². The molecule has 78 valence electrons. The Morgan fingerprint density at radius 1 is 1.60 bits per heavy atom. The lowest BCUT2D eigenvalue weighted by molar-refractivity contribution is -0.119. The lowest BCUT2D eigenvalue weighted by Crippen LogP contribution is -2.17. The van der Waals surface area contributed by atoms with E-state index in [1.807, 2.05) is 24.3 Å². The molecule has 0 aliphatic rings. The van der Waals surface area contributed by atoms with E-state index in [4.69, 9.17) is 10.00 Å². The lowest BCUT2D eigenvalue weighted by Gasteiger charge is -2.03. The molecule has 0 heterocycles. The zero-order valence-electron chi connectivity index (χ0n) is 8.49. The summed E-state index contributed by atoms with van der Waals surface area (Å²) < 4.78 is 5.06. The first-order valence-corrected chi connectivity index (χ1v) is 4.57. The van der Waals surface area contributed by atoms with Crippen molar-refractivity contribution in [1.29, 1.82) is 5.26 Å². The summed E-state index contributed by atoms with van der Waals surface area (Å²) in [7, 11) is 1.60. The molecule has 4 nitrogen and oxygen atoms in total. The van der Waals surface area contributed by atoms with Crippen molar-refractivity contribution in [2.75, 3.05) is 7.11 Å². The number of carbonyl (C=O) groups excluding carboxylic acids is 1. The zero-order chi connectivity index (χ0) is 11.1. The third-order valence-electron chi connectivity index (χ3n) is 1.97. The topological polar surface area (TPSA) is 62.1 Å². The second-order valence-electron chi connectivity index (χ2n) is 3.01. The number of benzene rings is 1. The van der Waals surface area contributed by atoms with Crippen LogP contribution in [0.1, 0.15) is 12.0 Å². The van der Waals surface area contributed by atoms with Crippen LogP contribution in [-0.2, 0) is 11.2 Å². The van der Waals surface area contributed by atoms with E-state index in [2.05, 4.69) is 5.32 Å². The number of nitrogens with one attached hydrogen (secondary N) is 1. The van der Waals surface area contributed by atoms with Crippen LogP contribution in [0, 0.1) is 11.5 Å². The fraction of sp³-hybridized carbons (Fsp3) is 0.273. The van der Waals surface area contributed by atoms with E-state index in [1.165, 1.54) is 0 Å². The van der Waals surface area contributed by atoms with Gasteiger partial charge in [0.2, 0.25) is 5.91 Å². The van der Waals surface area contributed by atoms with Gasteiger partial charge in [0.25, 0.3) is 0 Å². The predicted molar refractivity (Wildman–Crippen MR) is 55.1 cm³/mol. The molecule has 0 saturated carbocycles. The Balaban J connectivity index is 2.51. The maximum atomic E-state index is 11.0. The van der Waals surface area contributed by atoms with Gasteiger partial charge in [-0.2, -0.15) is 5.26 Å². The van der Waals surface area contributed by atoms with Crippen LogP contribution < -0.4 is 10.1 Å². The number of aryl methyl sites for hydroxylation is 1. The summed E-state index contributed by atoms with van der Waals surface area (Å²) in [5.74, 6) is 0.508. The van der Waals surface area contributed by atoms with Crippen LogP contribution in [0.5, 0.6) is 5.75 Å². The van der Waals surface area contributed by atoms with Crippen molar-refractivity contribution >= 4 is 5.91 Å². The van der Waals surface area contributed by atoms with Crippen LogP contribution >= 0.6 is 0 Å². The second-order valence-corrected chi connectivity index (χ2v) is 3.01. The van der Waals surface area contributed by atoms with Gasteiger partial charge < -0.3 is 4.74 Å². The summed E-state index contributed by atoms with van der Waals surface area (Å²) in [6, 6.07) is 7.51. The third kappa shape index (κ3) is 3.69. The van der Waals surface area contributed by atoms with E-state index in [9.17, 15) is 4.79 Å². The third-order valence-corrected chi connectivity index (χ3v) is 1.97. The molecule has 0 aliphatic carbocycles. The molecule has 1 aromatic carbocycles. The predicted octanol–water partition coefficient (Wildman–Crippen LogP) is 1.23. The summed E-state index contributed by atoms with van der Waals surface area (Å²) in [4.78, 5) is 11.0. The minimum Gasteiger partial charge on any atom is -0.497 e. The Hall–Kier alpha value is -2.02. The molecular formula is C11H12N2O2. The highest BCUT2D eigenvalue weighted by molar-refractivity contribution is 5.77. The molecule has 0 saturated heterocycles. The lowest BCUT2D eigenvalue weighted by atomic mass is 10.1. The van der Waals surface area contributed by atoms with Crippen LogP contribution in [0.25, 0.3) is 0 Å². The van der Waals surface area contributed by atoms with E-state index >= 15 is 0 Å². The van der Waals surface area contributed by atoms with Crippen molar-refractivity contribution in [2.45, 2.75) is 12.8 Å². The van der Waals surface area contributed by atoms with Gasteiger partial charge in [0.15, 0.2) is 6.19 Å². The van der Waals surface area contributed by atoms with Gasteiger partial charge in [0.05, 0.1) is 7.11 Å². The van der Waals surface area contributed by atoms with Gasteiger partial charge in [-0.1, -0.05) is 12.1 Å². The Morgan fingerprint density at radius 3 is 3.07 bits per heavy atom. The molecule has 1 rings (SSSR count). The first-order chi connectivity index (χ1) is 7.26. The second kappa shape index (κ2) is 5.66. The van der Waals surface area contributed by atoms with Crippen LogP contribution in [0.15, 0.2) is 24.3 Å². The maximum Gasteiger partial charge on any atom is 0.233 e. The standard InChI is InChI=1S/C11H12N2O2/c1-15-10-4-2-3-9(7-10)5-6-11(14)13-8-12/h2-4,7H,5-6H2,1H3,(H,13,14). The first kappa shape index (κ1) is 11.1. The summed E-state index contributed by atoms with van der Waals surface area (Å²) in [5, 5.41) is 10.3. The van der Waals surface area contributed by atoms with E-state index in [0.717, 1.165) is 11.3 Å². The Labute approximate surface area is 88.5 Å². The van der Waals surface area contributed by atoms with Crippen molar-refractivity contribution < 1.29 is 9.53 Å². The fourth-order valence-electron chi connectivity index (χ4n) is 1.21. The molecule has 0 bridgehead atoms. The first-order valence-electron chi connectivity index (χ1n) is 4.57. The van der Waals surface area contributed by atoms with E-state index in [-0.39, 0.29) is 5.91 Å². The number of hydrogen-bond donors (Lipinski definition) is 1. The fourth-order valence-corrected chi connectivity index (χ4v) is 1.21. The quantitative estimate of drug-likeness (QED) is 0.592. The molecule has 15 heavy (non-hydrogen) atoms. The highest BCUT2D eigenvalue weighted by atomic mass is 16.5. The van der Waals surface area contributed by atoms with Gasteiger partial charge in [-0.15, -0.1) is 0 Å². The normalized spacial score (nSPS) is 9.07. The number of hydrogen-bond acceptors (Lipinski definition) is 3. The average molecular weight is 204 g/mol. The van der Waals surface area contributed by atoms with Crippen LogP contribution in [0.4, 0.5) is 0 Å². The molecule has 0 atom stereocenters. The van der Waals surface area contributed by atoms with Crippen molar-refractivity contribution in [3.8, 4) is 11.9 Å². The molecule has 1 aromatic rings. The van der Waals surface area contributed by atoms with Crippen molar-refractivity contribution in [1.82, 2.24) is 5.32 Å². The molecule has 0 fully saturated rings. The van der Waals surface area contributed by atoms with Gasteiger partial charge in [-0.3, -0.25) is 10.1 Å². The average Bonchev–Trinajstić information content (AvgIpc) is 2.27. The van der Waals surface area contributed by atoms with Gasteiger partial charge in [0.1, 0.15) is 5.75 Å². The molecule has 0 radical (unpaired) electrons.